The van der Waals surface area contributed by atoms with Crippen LogP contribution in [0.1, 0.15) is 24.1 Å². The number of nitrogens with one attached hydrogen (secondary N) is 3. The van der Waals surface area contributed by atoms with Gasteiger partial charge in [-0.3, -0.25) is 5.10 Å². The van der Waals surface area contributed by atoms with Crippen molar-refractivity contribution in [3.8, 4) is 28.8 Å². The summed E-state index contributed by atoms with van der Waals surface area (Å²) >= 11 is 0. The predicted molar refractivity (Wildman–Crippen MR) is 116 cm³/mol. The number of hydrogen-bond acceptors (Lipinski definition) is 8. The van der Waals surface area contributed by atoms with Crippen LogP contribution in [0.5, 0.6) is 11.5 Å². The molecule has 0 atom stereocenters. The summed E-state index contributed by atoms with van der Waals surface area (Å²) in [6, 6.07) is 7.80. The van der Waals surface area contributed by atoms with Crippen LogP contribution in [-0.4, -0.2) is 47.5 Å². The first kappa shape index (κ1) is 20.6. The molecule has 31 heavy (non-hydrogen) atoms. The van der Waals surface area contributed by atoms with Gasteiger partial charge >= 0.3 is 0 Å². The molecule has 0 radical (unpaired) electrons. The van der Waals surface area contributed by atoms with Crippen LogP contribution in [0.25, 0.3) is 11.3 Å². The highest BCUT2D eigenvalue weighted by Gasteiger charge is 2.43. The van der Waals surface area contributed by atoms with Crippen LogP contribution < -0.4 is 20.1 Å². The van der Waals surface area contributed by atoms with Crippen LogP contribution in [0.3, 0.4) is 0 Å². The quantitative estimate of drug-likeness (QED) is 0.484. The van der Waals surface area contributed by atoms with E-state index in [-0.39, 0.29) is 11.1 Å². The Morgan fingerprint density at radius 2 is 1.97 bits per heavy atom. The van der Waals surface area contributed by atoms with Crippen LogP contribution in [0.4, 0.5) is 11.6 Å². The zero-order valence-electron chi connectivity index (χ0n) is 17.8. The molecule has 0 amide bonds. The minimum absolute atomic E-state index is 0.206. The maximum atomic E-state index is 8.85. The number of H-pyrrole nitrogens is 1. The van der Waals surface area contributed by atoms with Crippen molar-refractivity contribution in [2.24, 2.45) is 5.41 Å². The first-order chi connectivity index (χ1) is 15.1. The molecule has 1 saturated carbocycles. The summed E-state index contributed by atoms with van der Waals surface area (Å²) < 4.78 is 12.0. The van der Waals surface area contributed by atoms with E-state index < -0.39 is 0 Å². The van der Waals surface area contributed by atoms with Crippen molar-refractivity contribution in [1.82, 2.24) is 25.5 Å². The molecule has 9 nitrogen and oxygen atoms in total. The summed E-state index contributed by atoms with van der Waals surface area (Å²) in [5, 5.41) is 22.6. The molecule has 0 aliphatic heterocycles. The predicted octanol–water partition coefficient (Wildman–Crippen LogP) is 3.18. The van der Waals surface area contributed by atoms with Crippen molar-refractivity contribution in [2.45, 2.75) is 19.8 Å². The van der Waals surface area contributed by atoms with Crippen LogP contribution in [0, 0.1) is 23.7 Å². The van der Waals surface area contributed by atoms with E-state index in [2.05, 4.69) is 30.8 Å². The first-order valence-corrected chi connectivity index (χ1v) is 10.1. The third kappa shape index (κ3) is 4.59. The lowest BCUT2D eigenvalue weighted by Crippen LogP contribution is -2.25. The number of benzene rings is 1. The Bertz CT molecular complexity index is 1100. The minimum Gasteiger partial charge on any atom is -0.496 e. The number of aromatic nitrogens is 4. The highest BCUT2D eigenvalue weighted by molar-refractivity contribution is 5.77. The Morgan fingerprint density at radius 3 is 2.61 bits per heavy atom. The molecule has 0 saturated heterocycles. The Labute approximate surface area is 180 Å². The summed E-state index contributed by atoms with van der Waals surface area (Å²) in [5.41, 5.74) is 3.10. The lowest BCUT2D eigenvalue weighted by molar-refractivity contribution is 0.232. The van der Waals surface area contributed by atoms with Gasteiger partial charge in [0.15, 0.2) is 11.5 Å². The third-order valence-electron chi connectivity index (χ3n) is 5.34. The van der Waals surface area contributed by atoms with Gasteiger partial charge in [-0.1, -0.05) is 0 Å². The number of nitriles is 1. The van der Waals surface area contributed by atoms with E-state index in [9.17, 15) is 0 Å². The molecule has 3 aromatic rings. The molecule has 0 unspecified atom stereocenters. The number of ether oxygens (including phenoxy) is 2. The number of anilines is 2. The Hall–Kier alpha value is -3.64. The van der Waals surface area contributed by atoms with Crippen molar-refractivity contribution in [2.75, 3.05) is 32.6 Å². The average molecular weight is 419 g/mol. The number of aromatic amines is 1. The molecule has 4 rings (SSSR count). The fourth-order valence-corrected chi connectivity index (χ4v) is 3.51. The van der Waals surface area contributed by atoms with Gasteiger partial charge in [-0.15, -0.1) is 0 Å². The Morgan fingerprint density at radius 1 is 1.16 bits per heavy atom. The number of nitrogens with zero attached hydrogens (tertiary/aromatic N) is 4. The van der Waals surface area contributed by atoms with Crippen molar-refractivity contribution in [1.29, 1.82) is 5.26 Å². The second-order valence-electron chi connectivity index (χ2n) is 7.85. The normalized spacial score (nSPS) is 14.0. The largest absolute Gasteiger partial charge is 0.496 e. The van der Waals surface area contributed by atoms with Gasteiger partial charge in [-0.05, 0) is 44.5 Å². The van der Waals surface area contributed by atoms with Gasteiger partial charge in [-0.25, -0.2) is 9.97 Å². The van der Waals surface area contributed by atoms with Gasteiger partial charge in [0.25, 0.3) is 0 Å². The second kappa shape index (κ2) is 8.62. The van der Waals surface area contributed by atoms with E-state index in [1.54, 1.807) is 7.11 Å². The van der Waals surface area contributed by atoms with E-state index in [1.165, 1.54) is 12.4 Å². The number of aryl methyl sites for hydroxylation is 1. The van der Waals surface area contributed by atoms with E-state index in [0.717, 1.165) is 42.0 Å². The van der Waals surface area contributed by atoms with Crippen molar-refractivity contribution in [3.63, 3.8) is 0 Å². The molecule has 0 spiro atoms. The average Bonchev–Trinajstić information content (AvgIpc) is 3.40. The first-order valence-electron chi connectivity index (χ1n) is 10.1. The lowest BCUT2D eigenvalue weighted by atomic mass is 10.1. The van der Waals surface area contributed by atoms with Crippen LogP contribution in [-0.2, 0) is 0 Å². The zero-order valence-corrected chi connectivity index (χ0v) is 17.8. The van der Waals surface area contributed by atoms with Gasteiger partial charge in [-0.2, -0.15) is 10.4 Å². The summed E-state index contributed by atoms with van der Waals surface area (Å²) in [7, 11) is 3.62. The van der Waals surface area contributed by atoms with Crippen molar-refractivity contribution < 1.29 is 9.47 Å². The highest BCUT2D eigenvalue weighted by Crippen LogP contribution is 2.47. The fourth-order valence-electron chi connectivity index (χ4n) is 3.51. The smallest absolute Gasteiger partial charge is 0.158 e. The fraction of sp³-hybridized carbons (Fsp3) is 0.364. The second-order valence-corrected chi connectivity index (χ2v) is 7.85. The number of methoxy groups -OCH3 is 1. The summed E-state index contributed by atoms with van der Waals surface area (Å²) in [6.07, 6.45) is 5.22. The summed E-state index contributed by atoms with van der Waals surface area (Å²) in [6.45, 7) is 3.60. The molecule has 160 valence electrons. The van der Waals surface area contributed by atoms with E-state index in [1.807, 2.05) is 38.2 Å². The molecular weight excluding hydrogens is 394 g/mol. The lowest BCUT2D eigenvalue weighted by Gasteiger charge is -2.19. The maximum absolute atomic E-state index is 8.85. The summed E-state index contributed by atoms with van der Waals surface area (Å²) in [4.78, 5) is 8.17. The number of rotatable bonds is 9. The van der Waals surface area contributed by atoms with Gasteiger partial charge in [0.2, 0.25) is 0 Å². The minimum atomic E-state index is 0.206. The van der Waals surface area contributed by atoms with E-state index >= 15 is 0 Å². The van der Waals surface area contributed by atoms with Crippen LogP contribution in [0.15, 0.2) is 30.6 Å². The van der Waals surface area contributed by atoms with Crippen molar-refractivity contribution in [3.05, 3.63) is 41.9 Å². The SMILES string of the molecule is CNCC1(COc2cc(C)cc(OC)c2-c2cc(Nc3cnc(C#N)cn3)n[nH]2)CC1. The molecule has 3 N–H and O–H groups in total. The summed E-state index contributed by atoms with van der Waals surface area (Å²) in [5.74, 6) is 2.53. The maximum Gasteiger partial charge on any atom is 0.158 e. The van der Waals surface area contributed by atoms with Crippen molar-refractivity contribution >= 4 is 11.6 Å². The molecule has 1 aromatic carbocycles. The standard InChI is InChI=1S/C22H25N7O2/c1-14-6-17(30-3)21(18(7-14)31-13-22(4-5-22)12-24-2)16-8-19(29-28-16)27-20-11-25-15(9-23)10-26-20/h6-8,10-11,24H,4-5,12-13H2,1-3H3,(H2,26,27,28,29). The third-order valence-corrected chi connectivity index (χ3v) is 5.34. The molecule has 2 aromatic heterocycles. The van der Waals surface area contributed by atoms with Gasteiger partial charge < -0.3 is 20.1 Å². The Balaban J connectivity index is 1.60. The van der Waals surface area contributed by atoms with Gasteiger partial charge in [0.1, 0.15) is 23.4 Å². The molecule has 2 heterocycles. The molecule has 1 fully saturated rings. The van der Waals surface area contributed by atoms with Gasteiger partial charge in [0.05, 0.1) is 37.4 Å². The van der Waals surface area contributed by atoms with Crippen LogP contribution in [0.2, 0.25) is 0 Å². The molecule has 9 heteroatoms. The topological polar surface area (TPSA) is 121 Å². The van der Waals surface area contributed by atoms with E-state index in [4.69, 9.17) is 14.7 Å². The molecule has 1 aliphatic rings. The van der Waals surface area contributed by atoms with E-state index in [0.29, 0.717) is 24.0 Å². The Kier molecular flexibility index (Phi) is 5.73. The van der Waals surface area contributed by atoms with Crippen LogP contribution >= 0.6 is 0 Å². The molecule has 1 aliphatic carbocycles. The molecule has 0 bridgehead atoms. The van der Waals surface area contributed by atoms with Gasteiger partial charge in [0, 0.05) is 18.0 Å². The molecular formula is C22H25N7O2. The zero-order chi connectivity index (χ0) is 21.8. The monoisotopic (exact) mass is 419 g/mol. The highest BCUT2D eigenvalue weighted by atomic mass is 16.5. The number of hydrogen-bond donors (Lipinski definition) is 3.